The largest absolute Gasteiger partial charge is 0.388 e. The fourth-order valence-corrected chi connectivity index (χ4v) is 3.36. The molecule has 2 fully saturated rings. The molecule has 0 spiro atoms. The number of carbonyl (C=O) groups excluding carboxylic acids is 1. The lowest BCUT2D eigenvalue weighted by Gasteiger charge is -2.35. The van der Waals surface area contributed by atoms with Gasteiger partial charge in [0.15, 0.2) is 0 Å². The number of hydrogen-bond donors (Lipinski definition) is 3. The first-order valence-corrected chi connectivity index (χ1v) is 8.47. The summed E-state index contributed by atoms with van der Waals surface area (Å²) in [5.41, 5.74) is -0.675. The van der Waals surface area contributed by atoms with Crippen molar-refractivity contribution in [2.45, 2.75) is 64.0 Å². The van der Waals surface area contributed by atoms with E-state index in [0.717, 1.165) is 44.7 Å². The molecule has 1 atom stereocenters. The Balaban J connectivity index is 1.62. The van der Waals surface area contributed by atoms with Gasteiger partial charge in [-0.05, 0) is 51.6 Å². The molecule has 5 heteroatoms. The molecule has 2 aliphatic rings. The molecular formula is C16H31N3O2. The number of piperidine rings is 1. The first-order valence-electron chi connectivity index (χ1n) is 8.47. The number of urea groups is 1. The molecule has 1 saturated carbocycles. The zero-order valence-electron chi connectivity index (χ0n) is 13.5. The van der Waals surface area contributed by atoms with Crippen molar-refractivity contribution in [2.75, 3.05) is 26.2 Å². The number of aliphatic hydroxyl groups is 1. The highest BCUT2D eigenvalue weighted by atomic mass is 16.3. The highest BCUT2D eigenvalue weighted by molar-refractivity contribution is 5.73. The lowest BCUT2D eigenvalue weighted by molar-refractivity contribution is 0.0500. The van der Waals surface area contributed by atoms with E-state index in [2.05, 4.69) is 29.4 Å². The van der Waals surface area contributed by atoms with Gasteiger partial charge in [-0.3, -0.25) is 4.90 Å². The molecule has 122 valence electrons. The van der Waals surface area contributed by atoms with Crippen LogP contribution in [-0.4, -0.2) is 53.9 Å². The maximum atomic E-state index is 11.8. The van der Waals surface area contributed by atoms with Gasteiger partial charge in [0, 0.05) is 19.1 Å². The van der Waals surface area contributed by atoms with E-state index in [1.807, 2.05) is 0 Å². The molecule has 1 saturated heterocycles. The van der Waals surface area contributed by atoms with E-state index in [0.29, 0.717) is 19.1 Å². The van der Waals surface area contributed by atoms with Crippen LogP contribution in [0.3, 0.4) is 0 Å². The second-order valence-electron chi connectivity index (χ2n) is 7.06. The highest BCUT2D eigenvalue weighted by Crippen LogP contribution is 2.28. The topological polar surface area (TPSA) is 64.6 Å². The second-order valence-corrected chi connectivity index (χ2v) is 7.06. The summed E-state index contributed by atoms with van der Waals surface area (Å²) >= 11 is 0. The molecule has 1 aliphatic carbocycles. The molecular weight excluding hydrogens is 266 g/mol. The van der Waals surface area contributed by atoms with Crippen molar-refractivity contribution in [2.24, 2.45) is 5.92 Å². The molecule has 0 aromatic rings. The zero-order valence-corrected chi connectivity index (χ0v) is 13.5. The molecule has 0 radical (unpaired) electrons. The molecule has 5 nitrogen and oxygen atoms in total. The summed E-state index contributed by atoms with van der Waals surface area (Å²) in [5, 5.41) is 15.9. The Kier molecular flexibility index (Phi) is 5.88. The first kappa shape index (κ1) is 16.6. The zero-order chi connectivity index (χ0) is 15.3. The lowest BCUT2D eigenvalue weighted by atomic mass is 9.98. The SMILES string of the molecule is CC1CCN(C(C)CNC(=O)NCC2(O)CCCC2)CC1. The van der Waals surface area contributed by atoms with Crippen LogP contribution in [0.2, 0.25) is 0 Å². The van der Waals surface area contributed by atoms with Gasteiger partial charge in [0.05, 0.1) is 5.60 Å². The van der Waals surface area contributed by atoms with E-state index >= 15 is 0 Å². The van der Waals surface area contributed by atoms with Crippen molar-refractivity contribution in [3.05, 3.63) is 0 Å². The van der Waals surface area contributed by atoms with E-state index < -0.39 is 5.60 Å². The monoisotopic (exact) mass is 297 g/mol. The van der Waals surface area contributed by atoms with Crippen molar-refractivity contribution >= 4 is 6.03 Å². The molecule has 0 aromatic heterocycles. The van der Waals surface area contributed by atoms with Crippen LogP contribution >= 0.6 is 0 Å². The van der Waals surface area contributed by atoms with Crippen molar-refractivity contribution in [1.29, 1.82) is 0 Å². The summed E-state index contributed by atoms with van der Waals surface area (Å²) in [7, 11) is 0. The summed E-state index contributed by atoms with van der Waals surface area (Å²) in [6, 6.07) is 0.213. The summed E-state index contributed by atoms with van der Waals surface area (Å²) < 4.78 is 0. The summed E-state index contributed by atoms with van der Waals surface area (Å²) in [5.74, 6) is 0.830. The van der Waals surface area contributed by atoms with Crippen LogP contribution in [0.15, 0.2) is 0 Å². The Bertz CT molecular complexity index is 334. The van der Waals surface area contributed by atoms with Crippen LogP contribution in [0.4, 0.5) is 4.79 Å². The smallest absolute Gasteiger partial charge is 0.314 e. The van der Waals surface area contributed by atoms with Crippen LogP contribution in [-0.2, 0) is 0 Å². The van der Waals surface area contributed by atoms with E-state index in [9.17, 15) is 9.90 Å². The fraction of sp³-hybridized carbons (Fsp3) is 0.938. The Morgan fingerprint density at radius 2 is 1.90 bits per heavy atom. The number of nitrogens with one attached hydrogen (secondary N) is 2. The Labute approximate surface area is 128 Å². The number of rotatable bonds is 5. The maximum absolute atomic E-state index is 11.8. The van der Waals surface area contributed by atoms with Gasteiger partial charge in [0.2, 0.25) is 0 Å². The molecule has 0 bridgehead atoms. The van der Waals surface area contributed by atoms with Gasteiger partial charge < -0.3 is 15.7 Å². The van der Waals surface area contributed by atoms with E-state index in [1.54, 1.807) is 0 Å². The molecule has 1 aliphatic heterocycles. The maximum Gasteiger partial charge on any atom is 0.314 e. The summed E-state index contributed by atoms with van der Waals surface area (Å²) in [6.45, 7) is 7.77. The average Bonchev–Trinajstić information content (AvgIpc) is 2.91. The van der Waals surface area contributed by atoms with Crippen molar-refractivity contribution in [1.82, 2.24) is 15.5 Å². The van der Waals surface area contributed by atoms with E-state index in [-0.39, 0.29) is 6.03 Å². The number of nitrogens with zero attached hydrogens (tertiary/aromatic N) is 1. The molecule has 3 N–H and O–H groups in total. The third-order valence-corrected chi connectivity index (χ3v) is 5.11. The van der Waals surface area contributed by atoms with Crippen LogP contribution < -0.4 is 10.6 Å². The van der Waals surface area contributed by atoms with Crippen molar-refractivity contribution in [3.8, 4) is 0 Å². The molecule has 1 unspecified atom stereocenters. The van der Waals surface area contributed by atoms with Gasteiger partial charge >= 0.3 is 6.03 Å². The number of hydrogen-bond acceptors (Lipinski definition) is 3. The summed E-state index contributed by atoms with van der Waals surface area (Å²) in [6.07, 6.45) is 6.23. The third kappa shape index (κ3) is 5.15. The Hall–Kier alpha value is -0.810. The normalized spacial score (nSPS) is 24.7. The third-order valence-electron chi connectivity index (χ3n) is 5.11. The van der Waals surface area contributed by atoms with Gasteiger partial charge in [-0.1, -0.05) is 19.8 Å². The second kappa shape index (κ2) is 7.45. The van der Waals surface area contributed by atoms with Gasteiger partial charge in [-0.25, -0.2) is 4.79 Å². The summed E-state index contributed by atoms with van der Waals surface area (Å²) in [4.78, 5) is 14.3. The van der Waals surface area contributed by atoms with Crippen LogP contribution in [0.1, 0.15) is 52.4 Å². The van der Waals surface area contributed by atoms with Gasteiger partial charge in [-0.2, -0.15) is 0 Å². The van der Waals surface area contributed by atoms with Crippen LogP contribution in [0.25, 0.3) is 0 Å². The van der Waals surface area contributed by atoms with Crippen LogP contribution in [0, 0.1) is 5.92 Å². The number of carbonyl (C=O) groups is 1. The first-order chi connectivity index (χ1) is 9.98. The number of likely N-dealkylation sites (tertiary alicyclic amines) is 1. The minimum atomic E-state index is -0.675. The van der Waals surface area contributed by atoms with Gasteiger partial charge in [0.1, 0.15) is 0 Å². The van der Waals surface area contributed by atoms with Crippen LogP contribution in [0.5, 0.6) is 0 Å². The van der Waals surface area contributed by atoms with E-state index in [4.69, 9.17) is 0 Å². The van der Waals surface area contributed by atoms with E-state index in [1.165, 1.54) is 12.8 Å². The minimum Gasteiger partial charge on any atom is -0.388 e. The molecule has 2 amide bonds. The minimum absolute atomic E-state index is 0.160. The van der Waals surface area contributed by atoms with Crippen molar-refractivity contribution < 1.29 is 9.90 Å². The molecule has 1 heterocycles. The molecule has 21 heavy (non-hydrogen) atoms. The van der Waals surface area contributed by atoms with Gasteiger partial charge in [0.25, 0.3) is 0 Å². The molecule has 2 rings (SSSR count). The average molecular weight is 297 g/mol. The quantitative estimate of drug-likeness (QED) is 0.724. The lowest BCUT2D eigenvalue weighted by Crippen LogP contribution is -2.49. The van der Waals surface area contributed by atoms with Gasteiger partial charge in [-0.15, -0.1) is 0 Å². The highest BCUT2D eigenvalue weighted by Gasteiger charge is 2.31. The van der Waals surface area contributed by atoms with Crippen molar-refractivity contribution in [3.63, 3.8) is 0 Å². The fourth-order valence-electron chi connectivity index (χ4n) is 3.36. The predicted molar refractivity (Wildman–Crippen MR) is 84.3 cm³/mol. The number of amides is 2. The molecule has 0 aromatic carbocycles. The predicted octanol–water partition coefficient (Wildman–Crippen LogP) is 1.71. The standard InChI is InChI=1S/C16H31N3O2/c1-13-5-9-19(10-6-13)14(2)11-17-15(20)18-12-16(21)7-3-4-8-16/h13-14,21H,3-12H2,1-2H3,(H2,17,18,20). The Morgan fingerprint density at radius 3 is 2.52 bits per heavy atom. The Morgan fingerprint density at radius 1 is 1.29 bits per heavy atom.